The molecule has 1 aliphatic carbocycles. The van der Waals surface area contributed by atoms with Crippen LogP contribution in [0, 0.1) is 5.92 Å². The zero-order valence-electron chi connectivity index (χ0n) is 14.7. The summed E-state index contributed by atoms with van der Waals surface area (Å²) in [6.07, 6.45) is 2.24. The van der Waals surface area contributed by atoms with Gasteiger partial charge in [0.15, 0.2) is 5.58 Å². The van der Waals surface area contributed by atoms with Crippen molar-refractivity contribution in [3.63, 3.8) is 0 Å². The number of hydrogen-bond acceptors (Lipinski definition) is 5. The number of benzene rings is 2. The van der Waals surface area contributed by atoms with E-state index in [0.717, 1.165) is 6.42 Å². The van der Waals surface area contributed by atoms with Crippen LogP contribution < -0.4 is 4.72 Å². The molecular weight excluding hydrogens is 364 g/mol. The number of nitrogens with one attached hydrogen (secondary N) is 1. The number of carbonyl (C=O) groups excluding carboxylic acids is 1. The summed E-state index contributed by atoms with van der Waals surface area (Å²) in [5.41, 5.74) is 2.03. The van der Waals surface area contributed by atoms with Crippen LogP contribution in [0.5, 0.6) is 0 Å². The van der Waals surface area contributed by atoms with Gasteiger partial charge in [-0.05, 0) is 42.9 Å². The Morgan fingerprint density at radius 2 is 1.81 bits per heavy atom. The van der Waals surface area contributed by atoms with Gasteiger partial charge in [-0.3, -0.25) is 9.52 Å². The number of aromatic nitrogens is 1. The first-order valence-electron chi connectivity index (χ1n) is 8.94. The summed E-state index contributed by atoms with van der Waals surface area (Å²) in [4.78, 5) is 12.5. The van der Waals surface area contributed by atoms with Crippen molar-refractivity contribution >= 4 is 26.9 Å². The van der Waals surface area contributed by atoms with E-state index in [1.54, 1.807) is 24.3 Å². The predicted octanol–water partition coefficient (Wildman–Crippen LogP) is 3.36. The lowest BCUT2D eigenvalue weighted by atomic mass is 9.96. The van der Waals surface area contributed by atoms with E-state index in [9.17, 15) is 13.2 Å². The average molecular weight is 384 g/mol. The van der Waals surface area contributed by atoms with E-state index < -0.39 is 15.9 Å². The van der Waals surface area contributed by atoms with Crippen molar-refractivity contribution in [3.8, 4) is 0 Å². The standard InChI is InChI=1S/C20H20N2O4S/c23-20(16-11-10-15(12-16)14-6-2-1-3-7-14)22-27(24,25)13-18-17-8-4-5-9-19(17)26-21-18/h1-9,15-16H,10-13H2,(H,22,23)/t15-,16-/m1/s1. The molecule has 4 rings (SSSR count). The SMILES string of the molecule is O=C(NS(=O)(=O)Cc1noc2ccccc12)[C@@H]1CC[C@@H](c2ccccc2)C1. The number of sulfonamides is 1. The molecule has 0 saturated heterocycles. The van der Waals surface area contributed by atoms with Crippen molar-refractivity contribution in [2.75, 3.05) is 0 Å². The maximum atomic E-state index is 12.5. The fraction of sp³-hybridized carbons (Fsp3) is 0.300. The first-order valence-corrected chi connectivity index (χ1v) is 10.6. The van der Waals surface area contributed by atoms with E-state index in [2.05, 4.69) is 22.0 Å². The van der Waals surface area contributed by atoms with E-state index in [1.165, 1.54) is 5.56 Å². The Morgan fingerprint density at radius 1 is 1.07 bits per heavy atom. The monoisotopic (exact) mass is 384 g/mol. The van der Waals surface area contributed by atoms with Gasteiger partial charge in [-0.1, -0.05) is 47.6 Å². The quantitative estimate of drug-likeness (QED) is 0.729. The molecule has 6 nitrogen and oxygen atoms in total. The molecule has 0 bridgehead atoms. The van der Waals surface area contributed by atoms with Crippen LogP contribution in [-0.2, 0) is 20.6 Å². The molecule has 7 heteroatoms. The van der Waals surface area contributed by atoms with Crippen molar-refractivity contribution in [1.29, 1.82) is 0 Å². The normalized spacial score (nSPS) is 20.0. The molecule has 2 atom stereocenters. The number of carbonyl (C=O) groups is 1. The Balaban J connectivity index is 1.41. The fourth-order valence-electron chi connectivity index (χ4n) is 3.74. The number of rotatable bonds is 5. The van der Waals surface area contributed by atoms with E-state index in [-0.39, 0.29) is 11.7 Å². The second-order valence-corrected chi connectivity index (χ2v) is 8.69. The molecule has 1 N–H and O–H groups in total. The summed E-state index contributed by atoms with van der Waals surface area (Å²) in [5, 5.41) is 4.47. The van der Waals surface area contributed by atoms with Gasteiger partial charge in [-0.15, -0.1) is 0 Å². The van der Waals surface area contributed by atoms with Crippen LogP contribution in [0.25, 0.3) is 11.0 Å². The molecule has 1 aromatic heterocycles. The fourth-order valence-corrected chi connectivity index (χ4v) is 4.86. The number of nitrogens with zero attached hydrogens (tertiary/aromatic N) is 1. The predicted molar refractivity (Wildman–Crippen MR) is 101 cm³/mol. The largest absolute Gasteiger partial charge is 0.356 e. The number of para-hydroxylation sites is 1. The number of amides is 1. The minimum atomic E-state index is -3.84. The van der Waals surface area contributed by atoms with Gasteiger partial charge in [0.25, 0.3) is 0 Å². The average Bonchev–Trinajstić information content (AvgIpc) is 3.30. The van der Waals surface area contributed by atoms with Crippen molar-refractivity contribution in [3.05, 3.63) is 65.9 Å². The van der Waals surface area contributed by atoms with Gasteiger partial charge in [0.05, 0.1) is 0 Å². The first-order chi connectivity index (χ1) is 13.0. The van der Waals surface area contributed by atoms with E-state index >= 15 is 0 Å². The highest BCUT2D eigenvalue weighted by molar-refractivity contribution is 7.89. The third kappa shape index (κ3) is 3.88. The molecule has 27 heavy (non-hydrogen) atoms. The second-order valence-electron chi connectivity index (χ2n) is 6.97. The molecule has 3 aromatic rings. The van der Waals surface area contributed by atoms with Gasteiger partial charge >= 0.3 is 0 Å². The Hall–Kier alpha value is -2.67. The second kappa shape index (κ2) is 7.15. The highest BCUT2D eigenvalue weighted by Crippen LogP contribution is 2.38. The Bertz CT molecular complexity index is 1060. The molecule has 1 fully saturated rings. The summed E-state index contributed by atoms with van der Waals surface area (Å²) in [6.45, 7) is 0. The molecule has 1 saturated carbocycles. The molecule has 1 aliphatic rings. The van der Waals surface area contributed by atoms with Crippen LogP contribution in [0.4, 0.5) is 0 Å². The molecule has 0 radical (unpaired) electrons. The first kappa shape index (κ1) is 17.7. The third-order valence-corrected chi connectivity index (χ3v) is 6.28. The van der Waals surface area contributed by atoms with E-state index in [0.29, 0.717) is 35.4 Å². The van der Waals surface area contributed by atoms with Gasteiger partial charge in [0.1, 0.15) is 11.4 Å². The van der Waals surface area contributed by atoms with Gasteiger partial charge in [0, 0.05) is 11.3 Å². The summed E-state index contributed by atoms with van der Waals surface area (Å²) >= 11 is 0. The summed E-state index contributed by atoms with van der Waals surface area (Å²) in [7, 11) is -3.84. The molecule has 1 amide bonds. The lowest BCUT2D eigenvalue weighted by Gasteiger charge is -2.12. The molecule has 0 aliphatic heterocycles. The third-order valence-electron chi connectivity index (χ3n) is 5.11. The van der Waals surface area contributed by atoms with Crippen molar-refractivity contribution in [1.82, 2.24) is 9.88 Å². The van der Waals surface area contributed by atoms with Gasteiger partial charge in [-0.25, -0.2) is 8.42 Å². The van der Waals surface area contributed by atoms with Crippen LogP contribution in [0.1, 0.15) is 36.4 Å². The van der Waals surface area contributed by atoms with Crippen LogP contribution >= 0.6 is 0 Å². The molecule has 0 unspecified atom stereocenters. The molecule has 140 valence electrons. The summed E-state index contributed by atoms with van der Waals surface area (Å²) in [5.74, 6) is -0.811. The highest BCUT2D eigenvalue weighted by Gasteiger charge is 2.32. The smallest absolute Gasteiger partial charge is 0.240 e. The Kier molecular flexibility index (Phi) is 4.70. The number of hydrogen-bond donors (Lipinski definition) is 1. The van der Waals surface area contributed by atoms with Gasteiger partial charge in [0.2, 0.25) is 15.9 Å². The topological polar surface area (TPSA) is 89.3 Å². The zero-order chi connectivity index (χ0) is 18.9. The van der Waals surface area contributed by atoms with Crippen LogP contribution in [0.15, 0.2) is 59.1 Å². The molecule has 2 aromatic carbocycles. The van der Waals surface area contributed by atoms with E-state index in [1.807, 2.05) is 18.2 Å². The lowest BCUT2D eigenvalue weighted by molar-refractivity contribution is -0.123. The van der Waals surface area contributed by atoms with Crippen molar-refractivity contribution < 1.29 is 17.7 Å². The van der Waals surface area contributed by atoms with Crippen molar-refractivity contribution in [2.24, 2.45) is 5.92 Å². The van der Waals surface area contributed by atoms with Crippen LogP contribution in [-0.4, -0.2) is 19.5 Å². The molecular formula is C20H20N2O4S. The highest BCUT2D eigenvalue weighted by atomic mass is 32.2. The minimum absolute atomic E-state index is 0.293. The molecule has 1 heterocycles. The summed E-state index contributed by atoms with van der Waals surface area (Å²) < 4.78 is 32.3. The van der Waals surface area contributed by atoms with Gasteiger partial charge < -0.3 is 4.52 Å². The Labute approximate surface area is 157 Å². The lowest BCUT2D eigenvalue weighted by Crippen LogP contribution is -2.35. The summed E-state index contributed by atoms with van der Waals surface area (Å²) in [6, 6.07) is 17.1. The minimum Gasteiger partial charge on any atom is -0.356 e. The van der Waals surface area contributed by atoms with Crippen LogP contribution in [0.2, 0.25) is 0 Å². The molecule has 0 spiro atoms. The maximum absolute atomic E-state index is 12.5. The van der Waals surface area contributed by atoms with Crippen molar-refractivity contribution in [2.45, 2.75) is 30.9 Å². The number of fused-ring (bicyclic) bond motifs is 1. The van der Waals surface area contributed by atoms with Gasteiger partial charge in [-0.2, -0.15) is 0 Å². The van der Waals surface area contributed by atoms with Crippen LogP contribution in [0.3, 0.4) is 0 Å². The zero-order valence-corrected chi connectivity index (χ0v) is 15.5. The maximum Gasteiger partial charge on any atom is 0.240 e. The Morgan fingerprint density at radius 3 is 2.63 bits per heavy atom. The van der Waals surface area contributed by atoms with E-state index in [4.69, 9.17) is 4.52 Å².